The van der Waals surface area contributed by atoms with Crippen molar-refractivity contribution in [1.82, 2.24) is 0 Å². The van der Waals surface area contributed by atoms with Gasteiger partial charge in [0.1, 0.15) is 0 Å². The van der Waals surface area contributed by atoms with E-state index in [1.807, 2.05) is 13.8 Å². The number of allylic oxidation sites excluding steroid dienone is 2. The first-order valence-corrected chi connectivity index (χ1v) is 4.06. The summed E-state index contributed by atoms with van der Waals surface area (Å²) in [6.07, 6.45) is 3.19. The molecule has 0 aliphatic heterocycles. The van der Waals surface area contributed by atoms with Crippen LogP contribution in [-0.4, -0.2) is 11.2 Å². The Morgan fingerprint density at radius 1 is 1.55 bits per heavy atom. The van der Waals surface area contributed by atoms with Crippen molar-refractivity contribution in [3.8, 4) is 0 Å². The van der Waals surface area contributed by atoms with Crippen molar-refractivity contribution in [2.75, 3.05) is 0 Å². The average molecular weight is 154 g/mol. The molecule has 0 spiro atoms. The van der Waals surface area contributed by atoms with E-state index in [0.29, 0.717) is 5.92 Å². The highest BCUT2D eigenvalue weighted by atomic mass is 16.3. The summed E-state index contributed by atoms with van der Waals surface area (Å²) in [4.78, 5) is 0. The van der Waals surface area contributed by atoms with Gasteiger partial charge in [-0.1, -0.05) is 38.7 Å². The molecule has 1 N–H and O–H groups in total. The van der Waals surface area contributed by atoms with Gasteiger partial charge in [-0.3, -0.25) is 0 Å². The monoisotopic (exact) mass is 154 g/mol. The molecular formula is C10H18O. The zero-order chi connectivity index (χ0) is 8.85. The predicted molar refractivity (Wildman–Crippen MR) is 49.4 cm³/mol. The van der Waals surface area contributed by atoms with Gasteiger partial charge in [-0.15, -0.1) is 0 Å². The van der Waals surface area contributed by atoms with E-state index >= 15 is 0 Å². The third-order valence-corrected chi connectivity index (χ3v) is 1.82. The number of hydrogen-bond acceptors (Lipinski definition) is 1. The molecule has 0 bridgehead atoms. The van der Waals surface area contributed by atoms with Crippen LogP contribution in [0.4, 0.5) is 0 Å². The highest BCUT2D eigenvalue weighted by Crippen LogP contribution is 2.11. The molecule has 11 heavy (non-hydrogen) atoms. The molecule has 0 aromatic rings. The Morgan fingerprint density at radius 3 is 2.45 bits per heavy atom. The van der Waals surface area contributed by atoms with Crippen LogP contribution in [0.25, 0.3) is 0 Å². The van der Waals surface area contributed by atoms with E-state index in [1.165, 1.54) is 0 Å². The molecule has 0 aromatic carbocycles. The number of hydrogen-bond donors (Lipinski definition) is 1. The molecule has 0 rings (SSSR count). The Kier molecular flexibility index (Phi) is 4.88. The Hall–Kier alpha value is -0.560. The smallest absolute Gasteiger partial charge is 0.0566 e. The van der Waals surface area contributed by atoms with E-state index in [1.54, 1.807) is 6.08 Å². The fourth-order valence-corrected chi connectivity index (χ4v) is 0.769. The Labute approximate surface area is 69.4 Å². The maximum Gasteiger partial charge on any atom is 0.0566 e. The van der Waals surface area contributed by atoms with E-state index in [-0.39, 0.29) is 6.10 Å². The lowest BCUT2D eigenvalue weighted by molar-refractivity contribution is 0.117. The molecule has 0 saturated heterocycles. The molecule has 0 fully saturated rings. The predicted octanol–water partition coefficient (Wildman–Crippen LogP) is 2.53. The normalized spacial score (nSPS) is 13.1. The first-order valence-electron chi connectivity index (χ1n) is 4.06. The minimum absolute atomic E-state index is 0.202. The zero-order valence-electron chi connectivity index (χ0n) is 7.51. The summed E-state index contributed by atoms with van der Waals surface area (Å²) in [7, 11) is 0. The van der Waals surface area contributed by atoms with Crippen molar-refractivity contribution in [2.45, 2.75) is 32.8 Å². The number of aliphatic hydroxyl groups excluding tert-OH is 1. The molecule has 0 radical (unpaired) electrons. The first kappa shape index (κ1) is 10.4. The highest BCUT2D eigenvalue weighted by molar-refractivity contribution is 5.10. The average Bonchev–Trinajstić information content (AvgIpc) is 1.99. The van der Waals surface area contributed by atoms with Crippen LogP contribution in [0.5, 0.6) is 0 Å². The van der Waals surface area contributed by atoms with E-state index in [2.05, 4.69) is 13.2 Å². The SMILES string of the molecule is C=CC(=C)CCC(O)C(C)C. The molecule has 0 heterocycles. The molecule has 0 aliphatic rings. The minimum Gasteiger partial charge on any atom is -0.393 e. The summed E-state index contributed by atoms with van der Waals surface area (Å²) in [5.41, 5.74) is 1.00. The van der Waals surface area contributed by atoms with Crippen molar-refractivity contribution in [3.05, 3.63) is 24.8 Å². The second-order valence-electron chi connectivity index (χ2n) is 3.21. The van der Waals surface area contributed by atoms with Crippen LogP contribution < -0.4 is 0 Å². The Bertz CT molecular complexity index is 136. The van der Waals surface area contributed by atoms with E-state index in [9.17, 15) is 5.11 Å². The number of aliphatic hydroxyl groups is 1. The van der Waals surface area contributed by atoms with Crippen LogP contribution in [0, 0.1) is 5.92 Å². The van der Waals surface area contributed by atoms with Crippen LogP contribution in [0.15, 0.2) is 24.8 Å². The highest BCUT2D eigenvalue weighted by Gasteiger charge is 2.07. The molecule has 64 valence electrons. The third kappa shape index (κ3) is 4.79. The fourth-order valence-electron chi connectivity index (χ4n) is 0.769. The van der Waals surface area contributed by atoms with Gasteiger partial charge in [0.25, 0.3) is 0 Å². The van der Waals surface area contributed by atoms with Crippen LogP contribution in [0.1, 0.15) is 26.7 Å². The van der Waals surface area contributed by atoms with Gasteiger partial charge >= 0.3 is 0 Å². The van der Waals surface area contributed by atoms with E-state index in [4.69, 9.17) is 0 Å². The molecule has 1 atom stereocenters. The molecule has 0 saturated carbocycles. The zero-order valence-corrected chi connectivity index (χ0v) is 7.51. The van der Waals surface area contributed by atoms with Gasteiger partial charge in [-0.05, 0) is 18.8 Å². The molecule has 1 heteroatoms. The van der Waals surface area contributed by atoms with Crippen LogP contribution >= 0.6 is 0 Å². The molecule has 0 aromatic heterocycles. The van der Waals surface area contributed by atoms with Gasteiger partial charge in [0.15, 0.2) is 0 Å². The van der Waals surface area contributed by atoms with Crippen molar-refractivity contribution in [1.29, 1.82) is 0 Å². The maximum atomic E-state index is 9.40. The van der Waals surface area contributed by atoms with Gasteiger partial charge in [-0.2, -0.15) is 0 Å². The molecule has 0 amide bonds. The third-order valence-electron chi connectivity index (χ3n) is 1.82. The van der Waals surface area contributed by atoms with Crippen LogP contribution in [0.3, 0.4) is 0 Å². The second kappa shape index (κ2) is 5.14. The summed E-state index contributed by atoms with van der Waals surface area (Å²) in [5, 5.41) is 9.40. The standard InChI is InChI=1S/C10H18O/c1-5-9(4)6-7-10(11)8(2)3/h5,8,10-11H,1,4,6-7H2,2-3H3. The molecule has 0 aliphatic carbocycles. The van der Waals surface area contributed by atoms with Gasteiger partial charge in [-0.25, -0.2) is 0 Å². The van der Waals surface area contributed by atoms with Crippen LogP contribution in [0.2, 0.25) is 0 Å². The largest absolute Gasteiger partial charge is 0.393 e. The van der Waals surface area contributed by atoms with Gasteiger partial charge < -0.3 is 5.11 Å². The summed E-state index contributed by atoms with van der Waals surface area (Å²) < 4.78 is 0. The quantitative estimate of drug-likeness (QED) is 0.603. The fraction of sp³-hybridized carbons (Fsp3) is 0.600. The van der Waals surface area contributed by atoms with Crippen molar-refractivity contribution in [2.24, 2.45) is 5.92 Å². The lowest BCUT2D eigenvalue weighted by atomic mass is 10.0. The Morgan fingerprint density at radius 2 is 2.09 bits per heavy atom. The topological polar surface area (TPSA) is 20.2 Å². The first-order chi connectivity index (χ1) is 5.07. The van der Waals surface area contributed by atoms with Crippen molar-refractivity contribution in [3.63, 3.8) is 0 Å². The maximum absolute atomic E-state index is 9.40. The van der Waals surface area contributed by atoms with Crippen LogP contribution in [-0.2, 0) is 0 Å². The molecule has 1 nitrogen and oxygen atoms in total. The van der Waals surface area contributed by atoms with Crippen molar-refractivity contribution >= 4 is 0 Å². The lowest BCUT2D eigenvalue weighted by Crippen LogP contribution is -2.14. The lowest BCUT2D eigenvalue weighted by Gasteiger charge is -2.13. The summed E-state index contributed by atoms with van der Waals surface area (Å²) >= 11 is 0. The van der Waals surface area contributed by atoms with Gasteiger partial charge in [0.2, 0.25) is 0 Å². The van der Waals surface area contributed by atoms with Gasteiger partial charge in [0.05, 0.1) is 6.10 Å². The summed E-state index contributed by atoms with van der Waals surface area (Å²) in [6.45, 7) is 11.4. The Balaban J connectivity index is 3.53. The molecule has 1 unspecified atom stereocenters. The second-order valence-corrected chi connectivity index (χ2v) is 3.21. The van der Waals surface area contributed by atoms with Gasteiger partial charge in [0, 0.05) is 0 Å². The number of rotatable bonds is 5. The van der Waals surface area contributed by atoms with E-state index < -0.39 is 0 Å². The summed E-state index contributed by atoms with van der Waals surface area (Å²) in [5.74, 6) is 0.340. The van der Waals surface area contributed by atoms with E-state index in [0.717, 1.165) is 18.4 Å². The summed E-state index contributed by atoms with van der Waals surface area (Å²) in [6, 6.07) is 0. The minimum atomic E-state index is -0.202. The van der Waals surface area contributed by atoms with Crippen molar-refractivity contribution < 1.29 is 5.11 Å². The molecular weight excluding hydrogens is 136 g/mol.